The lowest BCUT2D eigenvalue weighted by Gasteiger charge is -2.41. The molecule has 32 heavy (non-hydrogen) atoms. The lowest BCUT2D eigenvalue weighted by atomic mass is 10.1. The molecule has 8 nitrogen and oxygen atoms in total. The third-order valence-electron chi connectivity index (χ3n) is 5.98. The minimum atomic E-state index is -3.96. The summed E-state index contributed by atoms with van der Waals surface area (Å²) < 4.78 is 55.6. The van der Waals surface area contributed by atoms with Crippen molar-refractivity contribution < 1.29 is 21.6 Å². The van der Waals surface area contributed by atoms with Crippen LogP contribution in [-0.2, 0) is 24.8 Å². The Morgan fingerprint density at radius 1 is 0.688 bits per heavy atom. The van der Waals surface area contributed by atoms with Gasteiger partial charge in [0.2, 0.25) is 26.0 Å². The fraction of sp³-hybridized carbons (Fsp3) is 0.409. The highest BCUT2D eigenvalue weighted by Crippen LogP contribution is 2.27. The van der Waals surface area contributed by atoms with E-state index >= 15 is 0 Å². The van der Waals surface area contributed by atoms with Crippen molar-refractivity contribution in [3.63, 3.8) is 0 Å². The summed E-state index contributed by atoms with van der Waals surface area (Å²) in [6, 6.07) is 14.9. The van der Waals surface area contributed by atoms with Crippen LogP contribution in [0.3, 0.4) is 0 Å². The van der Waals surface area contributed by atoms with Crippen LogP contribution in [0.15, 0.2) is 70.5 Å². The van der Waals surface area contributed by atoms with E-state index in [1.807, 2.05) is 0 Å². The molecule has 2 saturated heterocycles. The number of piperazine rings is 1. The first-order valence-corrected chi connectivity index (χ1v) is 13.6. The number of piperidine rings is 1. The van der Waals surface area contributed by atoms with E-state index in [9.17, 15) is 21.6 Å². The Hall–Kier alpha value is -2.27. The van der Waals surface area contributed by atoms with Crippen LogP contribution in [0.1, 0.15) is 19.3 Å². The summed E-state index contributed by atoms with van der Waals surface area (Å²) in [6.07, 6.45) is 2.74. The van der Waals surface area contributed by atoms with Crippen LogP contribution in [0.4, 0.5) is 0 Å². The van der Waals surface area contributed by atoms with Gasteiger partial charge in [-0.15, -0.1) is 0 Å². The Labute approximate surface area is 189 Å². The van der Waals surface area contributed by atoms with Crippen LogP contribution in [0.5, 0.6) is 0 Å². The molecule has 2 aromatic carbocycles. The van der Waals surface area contributed by atoms with Gasteiger partial charge in [-0.3, -0.25) is 4.79 Å². The average Bonchev–Trinajstić information content (AvgIpc) is 2.85. The van der Waals surface area contributed by atoms with Gasteiger partial charge in [-0.25, -0.2) is 16.8 Å². The van der Waals surface area contributed by atoms with Crippen LogP contribution in [-0.4, -0.2) is 75.0 Å². The molecule has 0 aromatic heterocycles. The third-order valence-corrected chi connectivity index (χ3v) is 9.78. The highest BCUT2D eigenvalue weighted by Gasteiger charge is 2.44. The molecule has 2 aromatic rings. The molecule has 0 spiro atoms. The first-order valence-electron chi connectivity index (χ1n) is 10.7. The number of hydrogen-bond donors (Lipinski definition) is 0. The summed E-state index contributed by atoms with van der Waals surface area (Å²) in [5.74, 6) is -0.336. The van der Waals surface area contributed by atoms with Gasteiger partial charge in [0.15, 0.2) is 0 Å². The van der Waals surface area contributed by atoms with E-state index in [2.05, 4.69) is 0 Å². The number of benzene rings is 2. The minimum Gasteiger partial charge on any atom is -0.341 e. The molecule has 2 fully saturated rings. The van der Waals surface area contributed by atoms with Gasteiger partial charge >= 0.3 is 0 Å². The number of carbonyl (C=O) groups is 1. The number of carbonyl (C=O) groups excluding carboxylic acids is 1. The second-order valence-electron chi connectivity index (χ2n) is 8.01. The Morgan fingerprint density at radius 3 is 1.78 bits per heavy atom. The fourth-order valence-corrected chi connectivity index (χ4v) is 7.29. The topological polar surface area (TPSA) is 95.1 Å². The van der Waals surface area contributed by atoms with Crippen molar-refractivity contribution in [1.82, 2.24) is 13.5 Å². The number of nitrogens with zero attached hydrogens (tertiary/aromatic N) is 3. The predicted molar refractivity (Wildman–Crippen MR) is 120 cm³/mol. The monoisotopic (exact) mass is 477 g/mol. The maximum absolute atomic E-state index is 13.4. The van der Waals surface area contributed by atoms with E-state index in [1.54, 1.807) is 41.3 Å². The summed E-state index contributed by atoms with van der Waals surface area (Å²) in [5.41, 5.74) is 0. The Balaban J connectivity index is 1.68. The number of likely N-dealkylation sites (tertiary alicyclic amines) is 1. The van der Waals surface area contributed by atoms with Crippen LogP contribution < -0.4 is 0 Å². The zero-order valence-corrected chi connectivity index (χ0v) is 19.3. The van der Waals surface area contributed by atoms with Gasteiger partial charge in [-0.1, -0.05) is 36.4 Å². The van der Waals surface area contributed by atoms with Crippen molar-refractivity contribution in [3.05, 3.63) is 60.7 Å². The summed E-state index contributed by atoms with van der Waals surface area (Å²) in [4.78, 5) is 15.3. The van der Waals surface area contributed by atoms with E-state index in [0.29, 0.717) is 13.1 Å². The summed E-state index contributed by atoms with van der Waals surface area (Å²) in [7, 11) is -7.82. The van der Waals surface area contributed by atoms with Crippen LogP contribution in [0, 0.1) is 0 Å². The van der Waals surface area contributed by atoms with Gasteiger partial charge in [0, 0.05) is 32.7 Å². The number of amides is 1. The average molecular weight is 478 g/mol. The SMILES string of the molecule is O=C([C@@H]1CN(S(=O)(=O)c2ccccc2)CCN1S(=O)(=O)c1ccccc1)N1CCCCC1. The summed E-state index contributed by atoms with van der Waals surface area (Å²) >= 11 is 0. The molecule has 10 heteroatoms. The summed E-state index contributed by atoms with van der Waals surface area (Å²) in [6.45, 7) is 0.791. The molecule has 0 bridgehead atoms. The standard InChI is InChI=1S/C22H27N3O5S2/c26-22(23-14-8-3-9-15-23)21-18-24(31(27,28)19-10-4-1-5-11-19)16-17-25(21)32(29,30)20-12-6-2-7-13-20/h1-2,4-7,10-13,21H,3,8-9,14-18H2/t21-/m0/s1. The minimum absolute atomic E-state index is 0.0208. The molecule has 2 heterocycles. The van der Waals surface area contributed by atoms with Crippen molar-refractivity contribution in [2.24, 2.45) is 0 Å². The van der Waals surface area contributed by atoms with Gasteiger partial charge in [-0.05, 0) is 43.5 Å². The molecule has 1 amide bonds. The molecule has 0 radical (unpaired) electrons. The van der Waals surface area contributed by atoms with Gasteiger partial charge in [0.1, 0.15) is 6.04 Å². The lowest BCUT2D eigenvalue weighted by molar-refractivity contribution is -0.137. The van der Waals surface area contributed by atoms with Crippen molar-refractivity contribution in [2.75, 3.05) is 32.7 Å². The van der Waals surface area contributed by atoms with E-state index in [0.717, 1.165) is 19.3 Å². The zero-order chi connectivity index (χ0) is 22.8. The molecule has 2 aliphatic heterocycles. The molecule has 0 unspecified atom stereocenters. The zero-order valence-electron chi connectivity index (χ0n) is 17.7. The first-order chi connectivity index (χ1) is 15.3. The van der Waals surface area contributed by atoms with Crippen LogP contribution >= 0.6 is 0 Å². The van der Waals surface area contributed by atoms with Crippen molar-refractivity contribution in [2.45, 2.75) is 35.1 Å². The van der Waals surface area contributed by atoms with Crippen LogP contribution in [0.25, 0.3) is 0 Å². The maximum atomic E-state index is 13.4. The smallest absolute Gasteiger partial charge is 0.243 e. The molecule has 0 N–H and O–H groups in total. The van der Waals surface area contributed by atoms with Gasteiger partial charge in [-0.2, -0.15) is 8.61 Å². The number of rotatable bonds is 5. The largest absolute Gasteiger partial charge is 0.341 e. The van der Waals surface area contributed by atoms with Crippen molar-refractivity contribution >= 4 is 26.0 Å². The lowest BCUT2D eigenvalue weighted by Crippen LogP contribution is -2.62. The molecule has 4 rings (SSSR count). The quantitative estimate of drug-likeness (QED) is 0.654. The molecular weight excluding hydrogens is 450 g/mol. The fourth-order valence-electron chi connectivity index (χ4n) is 4.24. The van der Waals surface area contributed by atoms with E-state index in [-0.39, 0.29) is 35.3 Å². The Kier molecular flexibility index (Phi) is 6.66. The number of sulfonamides is 2. The molecule has 0 saturated carbocycles. The van der Waals surface area contributed by atoms with E-state index in [1.165, 1.54) is 32.9 Å². The third kappa shape index (κ3) is 4.45. The van der Waals surface area contributed by atoms with Crippen LogP contribution in [0.2, 0.25) is 0 Å². The molecular formula is C22H27N3O5S2. The van der Waals surface area contributed by atoms with E-state index < -0.39 is 26.1 Å². The van der Waals surface area contributed by atoms with Gasteiger partial charge in [0.05, 0.1) is 9.79 Å². The molecule has 2 aliphatic rings. The normalized spacial score (nSPS) is 21.4. The summed E-state index contributed by atoms with van der Waals surface area (Å²) in [5, 5.41) is 0. The molecule has 172 valence electrons. The Bertz CT molecular complexity index is 1150. The second kappa shape index (κ2) is 9.30. The van der Waals surface area contributed by atoms with E-state index in [4.69, 9.17) is 0 Å². The Morgan fingerprint density at radius 2 is 1.22 bits per heavy atom. The highest BCUT2D eigenvalue weighted by atomic mass is 32.2. The maximum Gasteiger partial charge on any atom is 0.243 e. The van der Waals surface area contributed by atoms with Crippen molar-refractivity contribution in [3.8, 4) is 0 Å². The van der Waals surface area contributed by atoms with Crippen molar-refractivity contribution in [1.29, 1.82) is 0 Å². The van der Waals surface area contributed by atoms with Gasteiger partial charge < -0.3 is 4.90 Å². The molecule has 0 aliphatic carbocycles. The molecule has 1 atom stereocenters. The number of hydrogen-bond acceptors (Lipinski definition) is 5. The second-order valence-corrected chi connectivity index (χ2v) is 11.8. The predicted octanol–water partition coefficient (Wildman–Crippen LogP) is 1.76. The first kappa shape index (κ1) is 22.9. The highest BCUT2D eigenvalue weighted by molar-refractivity contribution is 7.89. The van der Waals surface area contributed by atoms with Gasteiger partial charge in [0.25, 0.3) is 0 Å².